The lowest BCUT2D eigenvalue weighted by Crippen LogP contribution is -2.44. The molecule has 1 atom stereocenters. The zero-order valence-corrected chi connectivity index (χ0v) is 23.6. The van der Waals surface area contributed by atoms with Crippen molar-refractivity contribution in [1.29, 1.82) is 0 Å². The smallest absolute Gasteiger partial charge is 0.204 e. The van der Waals surface area contributed by atoms with Crippen molar-refractivity contribution in [3.63, 3.8) is 0 Å². The number of anilines is 3. The Kier molecular flexibility index (Phi) is 8.05. The number of benzene rings is 2. The van der Waals surface area contributed by atoms with Gasteiger partial charge in [0.25, 0.3) is 0 Å². The van der Waals surface area contributed by atoms with Gasteiger partial charge in [-0.25, -0.2) is 18.4 Å². The second-order valence-electron chi connectivity index (χ2n) is 9.21. The third-order valence-corrected chi connectivity index (χ3v) is 8.79. The number of H-pyrrole nitrogens is 1. The Hall–Kier alpha value is -3.61. The summed E-state index contributed by atoms with van der Waals surface area (Å²) in [6.07, 6.45) is 0. The molecular weight excluding hydrogens is 536 g/mol. The number of aromatic nitrogens is 4. The lowest BCUT2D eigenvalue weighted by atomic mass is 10.2. The molecule has 1 aliphatic rings. The van der Waals surface area contributed by atoms with Crippen LogP contribution in [0.25, 0.3) is 0 Å². The van der Waals surface area contributed by atoms with E-state index in [0.717, 1.165) is 16.2 Å². The van der Waals surface area contributed by atoms with Gasteiger partial charge in [-0.2, -0.15) is 5.10 Å². The molecule has 3 heterocycles. The monoisotopic (exact) mass is 566 g/mol. The molecular formula is C27H30N6O4S2. The zero-order chi connectivity index (χ0) is 27.4. The van der Waals surface area contributed by atoms with Crippen molar-refractivity contribution in [3.05, 3.63) is 71.9 Å². The first-order valence-electron chi connectivity index (χ1n) is 12.5. The van der Waals surface area contributed by atoms with Gasteiger partial charge >= 0.3 is 0 Å². The van der Waals surface area contributed by atoms with Crippen LogP contribution < -0.4 is 15.0 Å². The molecule has 2 N–H and O–H groups in total. The molecule has 1 fully saturated rings. The molecule has 0 spiro atoms. The van der Waals surface area contributed by atoms with Crippen LogP contribution in [-0.4, -0.2) is 61.5 Å². The number of morpholine rings is 1. The Morgan fingerprint density at radius 3 is 2.59 bits per heavy atom. The average molecular weight is 567 g/mol. The van der Waals surface area contributed by atoms with E-state index in [1.54, 1.807) is 31.4 Å². The Morgan fingerprint density at radius 1 is 1.15 bits per heavy atom. The van der Waals surface area contributed by atoms with E-state index in [2.05, 4.69) is 27.3 Å². The summed E-state index contributed by atoms with van der Waals surface area (Å²) in [6.45, 7) is 5.82. The molecule has 1 aliphatic heterocycles. The van der Waals surface area contributed by atoms with Crippen LogP contribution in [0.4, 0.5) is 17.5 Å². The average Bonchev–Trinajstić information content (AvgIpc) is 3.33. The van der Waals surface area contributed by atoms with E-state index < -0.39 is 9.84 Å². The Balaban J connectivity index is 1.44. The first-order valence-corrected chi connectivity index (χ1v) is 14.9. The summed E-state index contributed by atoms with van der Waals surface area (Å²) in [5, 5.41) is 10.9. The number of hydrogen-bond acceptors (Lipinski definition) is 10. The fourth-order valence-electron chi connectivity index (χ4n) is 4.27. The van der Waals surface area contributed by atoms with E-state index in [1.165, 1.54) is 11.8 Å². The van der Waals surface area contributed by atoms with Crippen LogP contribution in [0.3, 0.4) is 0 Å². The number of ether oxygens (including phenoxy) is 2. The molecule has 39 heavy (non-hydrogen) atoms. The molecule has 0 radical (unpaired) electrons. The van der Waals surface area contributed by atoms with Gasteiger partial charge in [-0.15, -0.1) is 0 Å². The van der Waals surface area contributed by atoms with Crippen LogP contribution >= 0.6 is 11.8 Å². The van der Waals surface area contributed by atoms with E-state index >= 15 is 0 Å². The first kappa shape index (κ1) is 27.0. The van der Waals surface area contributed by atoms with Crippen molar-refractivity contribution in [2.24, 2.45) is 0 Å². The maximum absolute atomic E-state index is 12.9. The van der Waals surface area contributed by atoms with Gasteiger partial charge in [-0.3, -0.25) is 5.10 Å². The Labute approximate surface area is 232 Å². The molecule has 0 amide bonds. The van der Waals surface area contributed by atoms with Crippen LogP contribution in [0, 0.1) is 6.92 Å². The summed E-state index contributed by atoms with van der Waals surface area (Å²) in [6, 6.07) is 17.9. The lowest BCUT2D eigenvalue weighted by molar-refractivity contribution is 0.0981. The van der Waals surface area contributed by atoms with E-state index in [1.807, 2.05) is 43.3 Å². The van der Waals surface area contributed by atoms with E-state index in [9.17, 15) is 8.42 Å². The SMILES string of the molecule is COc1c(Nc2cc(C)[nH]n2)nc(Sc2ccc(S(=O)(=O)Cc3ccccc3)cc2)nc1N1CCOC[C@@H]1C. The van der Waals surface area contributed by atoms with Crippen molar-refractivity contribution in [2.45, 2.75) is 40.6 Å². The highest BCUT2D eigenvalue weighted by atomic mass is 32.2. The predicted octanol–water partition coefficient (Wildman–Crippen LogP) is 4.61. The lowest BCUT2D eigenvalue weighted by Gasteiger charge is -2.35. The zero-order valence-electron chi connectivity index (χ0n) is 21.9. The van der Waals surface area contributed by atoms with Gasteiger partial charge in [0.15, 0.2) is 32.4 Å². The van der Waals surface area contributed by atoms with Gasteiger partial charge in [-0.1, -0.05) is 30.3 Å². The van der Waals surface area contributed by atoms with Gasteiger partial charge < -0.3 is 19.7 Å². The van der Waals surface area contributed by atoms with Crippen molar-refractivity contribution < 1.29 is 17.9 Å². The minimum Gasteiger partial charge on any atom is -0.490 e. The molecule has 12 heteroatoms. The highest BCUT2D eigenvalue weighted by Crippen LogP contribution is 2.39. The van der Waals surface area contributed by atoms with E-state index in [-0.39, 0.29) is 16.7 Å². The molecule has 2 aromatic carbocycles. The van der Waals surface area contributed by atoms with Crippen molar-refractivity contribution in [3.8, 4) is 5.75 Å². The number of nitrogens with zero attached hydrogens (tertiary/aromatic N) is 4. The second-order valence-corrected chi connectivity index (χ2v) is 12.2. The number of aromatic amines is 1. The fraction of sp³-hybridized carbons (Fsp3) is 0.296. The molecule has 0 saturated carbocycles. The highest BCUT2D eigenvalue weighted by Gasteiger charge is 2.27. The van der Waals surface area contributed by atoms with Crippen LogP contribution in [-0.2, 0) is 20.3 Å². The fourth-order valence-corrected chi connectivity index (χ4v) is 6.37. The van der Waals surface area contributed by atoms with Crippen molar-refractivity contribution >= 4 is 39.1 Å². The predicted molar refractivity (Wildman–Crippen MR) is 151 cm³/mol. The summed E-state index contributed by atoms with van der Waals surface area (Å²) in [7, 11) is -1.88. The van der Waals surface area contributed by atoms with Crippen molar-refractivity contribution in [2.75, 3.05) is 37.1 Å². The number of rotatable bonds is 9. The summed E-state index contributed by atoms with van der Waals surface area (Å²) in [5.41, 5.74) is 1.66. The second kappa shape index (κ2) is 11.6. The summed E-state index contributed by atoms with van der Waals surface area (Å²) in [4.78, 5) is 12.8. The van der Waals surface area contributed by atoms with Gasteiger partial charge in [0, 0.05) is 23.2 Å². The minimum absolute atomic E-state index is 0.0509. The molecule has 1 saturated heterocycles. The van der Waals surface area contributed by atoms with Crippen LogP contribution in [0.5, 0.6) is 5.75 Å². The number of aryl methyl sites for hydroxylation is 1. The molecule has 4 aromatic rings. The standard InChI is InChI=1S/C27H30N6O4S2/c1-18-15-23(32-31-18)28-25-24(36-3)26(33-13-14-37-16-19(33)2)30-27(29-25)38-21-9-11-22(12-10-21)39(34,35)17-20-7-5-4-6-8-20/h4-12,15,19H,13-14,16-17H2,1-3H3,(H2,28,29,30,31,32)/t19-/m0/s1. The minimum atomic E-state index is -3.47. The normalized spacial score (nSPS) is 15.8. The van der Waals surface area contributed by atoms with Gasteiger partial charge in [0.1, 0.15) is 0 Å². The topological polar surface area (TPSA) is 122 Å². The first-order chi connectivity index (χ1) is 18.8. The highest BCUT2D eigenvalue weighted by molar-refractivity contribution is 7.99. The Morgan fingerprint density at radius 2 is 1.92 bits per heavy atom. The summed E-state index contributed by atoms with van der Waals surface area (Å²) >= 11 is 1.34. The number of sulfone groups is 1. The van der Waals surface area contributed by atoms with Crippen LogP contribution in [0.1, 0.15) is 18.2 Å². The number of hydrogen-bond donors (Lipinski definition) is 2. The third-order valence-electron chi connectivity index (χ3n) is 6.21. The molecule has 0 bridgehead atoms. The maximum Gasteiger partial charge on any atom is 0.204 e. The molecule has 5 rings (SSSR count). The van der Waals surface area contributed by atoms with Gasteiger partial charge in [-0.05, 0) is 55.4 Å². The van der Waals surface area contributed by atoms with Gasteiger partial charge in [0.05, 0.1) is 37.0 Å². The molecule has 204 valence electrons. The van der Waals surface area contributed by atoms with Crippen LogP contribution in [0.2, 0.25) is 0 Å². The van der Waals surface area contributed by atoms with Crippen molar-refractivity contribution in [1.82, 2.24) is 20.2 Å². The number of methoxy groups -OCH3 is 1. The molecule has 0 aliphatic carbocycles. The largest absolute Gasteiger partial charge is 0.490 e. The molecule has 0 unspecified atom stereocenters. The van der Waals surface area contributed by atoms with Crippen LogP contribution in [0.15, 0.2) is 75.6 Å². The molecule has 10 nitrogen and oxygen atoms in total. The summed E-state index contributed by atoms with van der Waals surface area (Å²) in [5.74, 6) is 2.20. The quantitative estimate of drug-likeness (QED) is 0.278. The van der Waals surface area contributed by atoms with Gasteiger partial charge in [0.2, 0.25) is 5.75 Å². The van der Waals surface area contributed by atoms with E-state index in [4.69, 9.17) is 19.4 Å². The Bertz CT molecular complexity index is 1530. The summed E-state index contributed by atoms with van der Waals surface area (Å²) < 4.78 is 37.3. The maximum atomic E-state index is 12.9. The third kappa shape index (κ3) is 6.35. The number of nitrogens with one attached hydrogen (secondary N) is 2. The van der Waals surface area contributed by atoms with E-state index in [0.29, 0.717) is 48.1 Å². The molecule has 2 aromatic heterocycles.